The monoisotopic (exact) mass is 197 g/mol. The van der Waals surface area contributed by atoms with Gasteiger partial charge in [0.05, 0.1) is 0 Å². The van der Waals surface area contributed by atoms with Gasteiger partial charge in [0.2, 0.25) is 6.29 Å². The van der Waals surface area contributed by atoms with E-state index in [4.69, 9.17) is 0 Å². The Bertz CT molecular complexity index is 173. The molecule has 1 aliphatic carbocycles. The van der Waals surface area contributed by atoms with Crippen molar-refractivity contribution < 1.29 is 9.90 Å². The molecule has 0 aromatic carbocycles. The van der Waals surface area contributed by atoms with Crippen LogP contribution in [0.15, 0.2) is 0 Å². The van der Waals surface area contributed by atoms with Crippen molar-refractivity contribution in [2.24, 2.45) is 5.92 Å². The molecule has 1 N–H and O–H groups in total. The smallest absolute Gasteiger partial charge is 0.233 e. The van der Waals surface area contributed by atoms with Crippen molar-refractivity contribution in [1.29, 1.82) is 0 Å². The van der Waals surface area contributed by atoms with Gasteiger partial charge in [-0.3, -0.25) is 4.79 Å². The zero-order valence-electron chi connectivity index (χ0n) is 9.09. The molecule has 0 amide bonds. The normalized spacial score (nSPS) is 23.0. The summed E-state index contributed by atoms with van der Waals surface area (Å²) in [6, 6.07) is 0. The van der Waals surface area contributed by atoms with E-state index in [1.54, 1.807) is 0 Å². The summed E-state index contributed by atoms with van der Waals surface area (Å²) in [5, 5.41) is 10.2. The molecule has 1 fully saturated rings. The molecule has 1 radical (unpaired) electrons. The second kappa shape index (κ2) is 5.50. The molecule has 1 aliphatic rings. The quantitative estimate of drug-likeness (QED) is 0.735. The Morgan fingerprint density at radius 1 is 1.36 bits per heavy atom. The maximum Gasteiger partial charge on any atom is 0.233 e. The third kappa shape index (κ3) is 2.81. The van der Waals surface area contributed by atoms with Crippen LogP contribution in [0.5, 0.6) is 0 Å². The van der Waals surface area contributed by atoms with Gasteiger partial charge in [-0.2, -0.15) is 0 Å². The Hall–Kier alpha value is -0.370. The van der Waals surface area contributed by atoms with E-state index in [0.29, 0.717) is 6.42 Å². The summed E-state index contributed by atoms with van der Waals surface area (Å²) in [6.45, 7) is 2.08. The fourth-order valence-corrected chi connectivity index (χ4v) is 2.36. The molecule has 0 saturated heterocycles. The summed E-state index contributed by atoms with van der Waals surface area (Å²) in [4.78, 5) is 10.9. The first-order valence-electron chi connectivity index (χ1n) is 5.84. The van der Waals surface area contributed by atoms with Crippen molar-refractivity contribution >= 4 is 6.29 Å². The second-order valence-corrected chi connectivity index (χ2v) is 4.46. The van der Waals surface area contributed by atoms with Crippen LogP contribution in [0.4, 0.5) is 0 Å². The Morgan fingerprint density at radius 3 is 2.50 bits per heavy atom. The first kappa shape index (κ1) is 11.7. The summed E-state index contributed by atoms with van der Waals surface area (Å²) >= 11 is 0. The molecule has 1 saturated carbocycles. The van der Waals surface area contributed by atoms with Crippen LogP contribution in [0.1, 0.15) is 58.3 Å². The fraction of sp³-hybridized carbons (Fsp3) is 0.917. The SMILES string of the molecule is CCCCC(O)([C]=O)C1CCCCC1. The van der Waals surface area contributed by atoms with Crippen LogP contribution < -0.4 is 0 Å². The Labute approximate surface area is 86.7 Å². The van der Waals surface area contributed by atoms with E-state index in [2.05, 4.69) is 6.92 Å². The van der Waals surface area contributed by atoms with Crippen LogP contribution in [0, 0.1) is 5.92 Å². The average molecular weight is 197 g/mol. The van der Waals surface area contributed by atoms with E-state index in [1.165, 1.54) is 6.42 Å². The van der Waals surface area contributed by atoms with Gasteiger partial charge in [-0.1, -0.05) is 39.0 Å². The second-order valence-electron chi connectivity index (χ2n) is 4.46. The van der Waals surface area contributed by atoms with E-state index in [1.807, 2.05) is 6.29 Å². The van der Waals surface area contributed by atoms with Gasteiger partial charge in [-0.25, -0.2) is 0 Å². The molecule has 14 heavy (non-hydrogen) atoms. The predicted octanol–water partition coefficient (Wildman–Crippen LogP) is 2.60. The zero-order valence-corrected chi connectivity index (χ0v) is 9.09. The molecule has 1 atom stereocenters. The van der Waals surface area contributed by atoms with Gasteiger partial charge in [-0.05, 0) is 25.2 Å². The first-order chi connectivity index (χ1) is 6.73. The molecule has 0 aromatic rings. The van der Waals surface area contributed by atoms with Gasteiger partial charge < -0.3 is 5.11 Å². The highest BCUT2D eigenvalue weighted by molar-refractivity contribution is 5.63. The fourth-order valence-electron chi connectivity index (χ4n) is 2.36. The molecular weight excluding hydrogens is 176 g/mol. The maximum atomic E-state index is 10.9. The van der Waals surface area contributed by atoms with E-state index >= 15 is 0 Å². The lowest BCUT2D eigenvalue weighted by molar-refractivity contribution is 0.0180. The van der Waals surface area contributed by atoms with Gasteiger partial charge >= 0.3 is 0 Å². The lowest BCUT2D eigenvalue weighted by Gasteiger charge is -2.33. The molecule has 0 bridgehead atoms. The number of hydrogen-bond donors (Lipinski definition) is 1. The molecular formula is C12H21O2. The number of rotatable bonds is 5. The van der Waals surface area contributed by atoms with Crippen LogP contribution in [0.2, 0.25) is 0 Å². The summed E-state index contributed by atoms with van der Waals surface area (Å²) in [6.07, 6.45) is 9.97. The third-order valence-corrected chi connectivity index (χ3v) is 3.37. The van der Waals surface area contributed by atoms with Crippen LogP contribution >= 0.6 is 0 Å². The highest BCUT2D eigenvalue weighted by Gasteiger charge is 2.37. The highest BCUT2D eigenvalue weighted by Crippen LogP contribution is 2.34. The molecule has 0 spiro atoms. The van der Waals surface area contributed by atoms with Crippen LogP contribution in [0.3, 0.4) is 0 Å². The molecule has 1 rings (SSSR count). The van der Waals surface area contributed by atoms with E-state index in [9.17, 15) is 9.90 Å². The lowest BCUT2D eigenvalue weighted by Crippen LogP contribution is -2.40. The third-order valence-electron chi connectivity index (χ3n) is 3.37. The Balaban J connectivity index is 2.52. The van der Waals surface area contributed by atoms with Crippen molar-refractivity contribution in [1.82, 2.24) is 0 Å². The minimum absolute atomic E-state index is 0.167. The van der Waals surface area contributed by atoms with Gasteiger partial charge in [0, 0.05) is 0 Å². The van der Waals surface area contributed by atoms with Crippen LogP contribution in [-0.4, -0.2) is 17.0 Å². The highest BCUT2D eigenvalue weighted by atomic mass is 16.3. The summed E-state index contributed by atoms with van der Waals surface area (Å²) in [5.41, 5.74) is -1.14. The Kier molecular flexibility index (Phi) is 4.59. The van der Waals surface area contributed by atoms with E-state index in [-0.39, 0.29) is 5.92 Å². The van der Waals surface area contributed by atoms with Crippen molar-refractivity contribution in [3.05, 3.63) is 0 Å². The molecule has 2 heteroatoms. The molecule has 1 unspecified atom stereocenters. The molecule has 0 aliphatic heterocycles. The number of carbonyl (C=O) groups excluding carboxylic acids is 1. The summed E-state index contributed by atoms with van der Waals surface area (Å²) < 4.78 is 0. The van der Waals surface area contributed by atoms with E-state index in [0.717, 1.165) is 38.5 Å². The average Bonchev–Trinajstić information content (AvgIpc) is 2.27. The number of unbranched alkanes of at least 4 members (excludes halogenated alkanes) is 1. The van der Waals surface area contributed by atoms with Crippen molar-refractivity contribution in [2.45, 2.75) is 63.9 Å². The Morgan fingerprint density at radius 2 is 2.00 bits per heavy atom. The maximum absolute atomic E-state index is 10.9. The van der Waals surface area contributed by atoms with Gasteiger partial charge in [0.25, 0.3) is 0 Å². The number of aliphatic hydroxyl groups is 1. The minimum Gasteiger partial charge on any atom is -0.381 e. The molecule has 2 nitrogen and oxygen atoms in total. The summed E-state index contributed by atoms with van der Waals surface area (Å²) in [5.74, 6) is 0.167. The first-order valence-corrected chi connectivity index (χ1v) is 5.84. The lowest BCUT2D eigenvalue weighted by atomic mass is 9.75. The zero-order chi connectivity index (χ0) is 10.4. The topological polar surface area (TPSA) is 37.3 Å². The summed E-state index contributed by atoms with van der Waals surface area (Å²) in [7, 11) is 0. The number of hydrogen-bond acceptors (Lipinski definition) is 2. The van der Waals surface area contributed by atoms with Gasteiger partial charge in [-0.15, -0.1) is 0 Å². The standard InChI is InChI=1S/C12H21O2/c1-2-3-9-12(14,10-13)11-7-5-4-6-8-11/h11,14H,2-9H2,1H3. The van der Waals surface area contributed by atoms with Gasteiger partial charge in [0.1, 0.15) is 5.60 Å². The largest absolute Gasteiger partial charge is 0.381 e. The molecule has 0 aromatic heterocycles. The van der Waals surface area contributed by atoms with Crippen LogP contribution in [0.25, 0.3) is 0 Å². The van der Waals surface area contributed by atoms with Gasteiger partial charge in [0.15, 0.2) is 0 Å². The van der Waals surface area contributed by atoms with E-state index < -0.39 is 5.60 Å². The molecule has 81 valence electrons. The minimum atomic E-state index is -1.14. The van der Waals surface area contributed by atoms with Crippen LogP contribution in [-0.2, 0) is 4.79 Å². The van der Waals surface area contributed by atoms with Crippen molar-refractivity contribution in [3.8, 4) is 0 Å². The predicted molar refractivity (Wildman–Crippen MR) is 56.7 cm³/mol. The van der Waals surface area contributed by atoms with Crippen molar-refractivity contribution in [3.63, 3.8) is 0 Å². The molecule has 0 heterocycles. The van der Waals surface area contributed by atoms with Crippen molar-refractivity contribution in [2.75, 3.05) is 0 Å².